The topological polar surface area (TPSA) is 93.7 Å². The minimum Gasteiger partial charge on any atom is -0.497 e. The number of ether oxygens (including phenoxy) is 2. The predicted molar refractivity (Wildman–Crippen MR) is 97.6 cm³/mol. The molecule has 0 radical (unpaired) electrons. The van der Waals surface area contributed by atoms with Gasteiger partial charge in [-0.2, -0.15) is 0 Å². The molecule has 0 spiro atoms. The van der Waals surface area contributed by atoms with Gasteiger partial charge in [-0.25, -0.2) is 4.79 Å². The van der Waals surface area contributed by atoms with Crippen molar-refractivity contribution in [1.82, 2.24) is 10.6 Å². The van der Waals surface area contributed by atoms with Gasteiger partial charge in [0.1, 0.15) is 11.3 Å². The predicted octanol–water partition coefficient (Wildman–Crippen LogP) is 2.11. The van der Waals surface area contributed by atoms with E-state index in [0.29, 0.717) is 18.6 Å². The molecule has 1 unspecified atom stereocenters. The molecule has 1 rings (SSSR count). The zero-order valence-corrected chi connectivity index (χ0v) is 16.0. The number of hydrogen-bond acceptors (Lipinski definition) is 5. The van der Waals surface area contributed by atoms with Crippen molar-refractivity contribution in [2.24, 2.45) is 0 Å². The second-order valence-electron chi connectivity index (χ2n) is 6.06. The van der Waals surface area contributed by atoms with Crippen LogP contribution in [-0.4, -0.2) is 37.5 Å². The number of benzene rings is 1. The second-order valence-corrected chi connectivity index (χ2v) is 6.06. The van der Waals surface area contributed by atoms with Crippen LogP contribution in [0.4, 0.5) is 0 Å². The summed E-state index contributed by atoms with van der Waals surface area (Å²) in [4.78, 5) is 36.2. The van der Waals surface area contributed by atoms with Gasteiger partial charge in [-0.3, -0.25) is 9.59 Å². The molecule has 2 amide bonds. The third-order valence-corrected chi connectivity index (χ3v) is 4.45. The van der Waals surface area contributed by atoms with Crippen LogP contribution in [0.5, 0.6) is 5.75 Å². The Morgan fingerprint density at radius 3 is 2.08 bits per heavy atom. The summed E-state index contributed by atoms with van der Waals surface area (Å²) in [6.07, 6.45) is 0.829. The van der Waals surface area contributed by atoms with Crippen molar-refractivity contribution >= 4 is 17.8 Å². The van der Waals surface area contributed by atoms with Gasteiger partial charge in [0.05, 0.1) is 26.7 Å². The van der Waals surface area contributed by atoms with Crippen LogP contribution in [0.25, 0.3) is 0 Å². The quantitative estimate of drug-likeness (QED) is 0.655. The van der Waals surface area contributed by atoms with E-state index in [0.717, 1.165) is 5.56 Å². The van der Waals surface area contributed by atoms with Crippen molar-refractivity contribution in [2.75, 3.05) is 14.2 Å². The van der Waals surface area contributed by atoms with Gasteiger partial charge in [-0.05, 0) is 30.5 Å². The SMILES string of the molecule is CCC(CC)(NC(=O)CC(NC(C)=O)c1ccc(OC)cc1)C(=O)OC. The van der Waals surface area contributed by atoms with Crippen molar-refractivity contribution < 1.29 is 23.9 Å². The minimum atomic E-state index is -1.06. The number of methoxy groups -OCH3 is 2. The highest BCUT2D eigenvalue weighted by molar-refractivity contribution is 5.88. The third kappa shape index (κ3) is 5.47. The Morgan fingerprint density at radius 1 is 1.08 bits per heavy atom. The summed E-state index contributed by atoms with van der Waals surface area (Å²) >= 11 is 0. The summed E-state index contributed by atoms with van der Waals surface area (Å²) in [6.45, 7) is 5.02. The fourth-order valence-electron chi connectivity index (χ4n) is 2.80. The number of amides is 2. The molecule has 0 aromatic heterocycles. The Kier molecular flexibility index (Phi) is 8.09. The van der Waals surface area contributed by atoms with E-state index >= 15 is 0 Å². The van der Waals surface area contributed by atoms with E-state index in [4.69, 9.17) is 9.47 Å². The summed E-state index contributed by atoms with van der Waals surface area (Å²) in [6, 6.07) is 6.60. The summed E-state index contributed by atoms with van der Waals surface area (Å²) in [5.74, 6) is -0.379. The molecule has 2 N–H and O–H groups in total. The number of rotatable bonds is 9. The number of nitrogens with one attached hydrogen (secondary N) is 2. The van der Waals surface area contributed by atoms with E-state index in [9.17, 15) is 14.4 Å². The van der Waals surface area contributed by atoms with Crippen molar-refractivity contribution in [3.05, 3.63) is 29.8 Å². The molecule has 144 valence electrons. The number of carbonyl (C=O) groups is 3. The van der Waals surface area contributed by atoms with E-state index in [1.165, 1.54) is 14.0 Å². The molecule has 7 nitrogen and oxygen atoms in total. The maximum Gasteiger partial charge on any atom is 0.331 e. The Bertz CT molecular complexity index is 623. The first-order chi connectivity index (χ1) is 12.3. The minimum absolute atomic E-state index is 0.00462. The van der Waals surface area contributed by atoms with Crippen molar-refractivity contribution in [1.29, 1.82) is 0 Å². The summed E-state index contributed by atoms with van der Waals surface area (Å²) in [5, 5.41) is 5.56. The van der Waals surface area contributed by atoms with Crippen LogP contribution < -0.4 is 15.4 Å². The standard InChI is InChI=1S/C19H28N2O5/c1-6-19(7-2,18(24)26-5)21-17(23)12-16(20-13(3)22)14-8-10-15(25-4)11-9-14/h8-11,16H,6-7,12H2,1-5H3,(H,20,22)(H,21,23). The molecule has 0 bridgehead atoms. The molecule has 0 aliphatic heterocycles. The molecule has 0 aliphatic rings. The molecule has 0 heterocycles. The lowest BCUT2D eigenvalue weighted by molar-refractivity contribution is -0.151. The Morgan fingerprint density at radius 2 is 1.65 bits per heavy atom. The largest absolute Gasteiger partial charge is 0.497 e. The monoisotopic (exact) mass is 364 g/mol. The van der Waals surface area contributed by atoms with E-state index in [1.807, 2.05) is 13.8 Å². The molecule has 1 aromatic rings. The highest BCUT2D eigenvalue weighted by Gasteiger charge is 2.38. The average molecular weight is 364 g/mol. The fraction of sp³-hybridized carbons (Fsp3) is 0.526. The van der Waals surface area contributed by atoms with Gasteiger partial charge in [-0.1, -0.05) is 26.0 Å². The van der Waals surface area contributed by atoms with Crippen molar-refractivity contribution in [3.63, 3.8) is 0 Å². The third-order valence-electron chi connectivity index (χ3n) is 4.45. The number of esters is 1. The molecule has 0 saturated heterocycles. The first kappa shape index (κ1) is 21.5. The highest BCUT2D eigenvalue weighted by atomic mass is 16.5. The van der Waals surface area contributed by atoms with E-state index in [-0.39, 0.29) is 18.2 Å². The van der Waals surface area contributed by atoms with Gasteiger partial charge in [0.25, 0.3) is 0 Å². The maximum atomic E-state index is 12.6. The molecule has 26 heavy (non-hydrogen) atoms. The van der Waals surface area contributed by atoms with Gasteiger partial charge in [0.2, 0.25) is 11.8 Å². The van der Waals surface area contributed by atoms with Crippen LogP contribution in [0.1, 0.15) is 51.6 Å². The Labute approximate surface area is 154 Å². The van der Waals surface area contributed by atoms with Crippen molar-refractivity contribution in [3.8, 4) is 5.75 Å². The van der Waals surface area contributed by atoms with Gasteiger partial charge in [0, 0.05) is 6.92 Å². The Balaban J connectivity index is 2.97. The zero-order chi connectivity index (χ0) is 19.7. The lowest BCUT2D eigenvalue weighted by atomic mass is 9.92. The molecular weight excluding hydrogens is 336 g/mol. The smallest absolute Gasteiger partial charge is 0.331 e. The van der Waals surface area contributed by atoms with E-state index in [2.05, 4.69) is 10.6 Å². The average Bonchev–Trinajstić information content (AvgIpc) is 2.64. The van der Waals surface area contributed by atoms with Gasteiger partial charge < -0.3 is 20.1 Å². The normalized spacial score (nSPS) is 12.0. The maximum absolute atomic E-state index is 12.6. The lowest BCUT2D eigenvalue weighted by Crippen LogP contribution is -2.54. The first-order valence-electron chi connectivity index (χ1n) is 8.62. The van der Waals surface area contributed by atoms with Crippen LogP contribution in [0.3, 0.4) is 0 Å². The van der Waals surface area contributed by atoms with Gasteiger partial charge >= 0.3 is 5.97 Å². The van der Waals surface area contributed by atoms with Gasteiger partial charge in [0.15, 0.2) is 0 Å². The van der Waals surface area contributed by atoms with Crippen molar-refractivity contribution in [2.45, 2.75) is 51.6 Å². The molecule has 7 heteroatoms. The van der Waals surface area contributed by atoms with Gasteiger partial charge in [-0.15, -0.1) is 0 Å². The molecule has 0 aliphatic carbocycles. The Hall–Kier alpha value is -2.57. The molecule has 1 aromatic carbocycles. The first-order valence-corrected chi connectivity index (χ1v) is 8.62. The molecule has 0 saturated carbocycles. The lowest BCUT2D eigenvalue weighted by Gasteiger charge is -2.30. The second kappa shape index (κ2) is 9.79. The number of carbonyl (C=O) groups excluding carboxylic acids is 3. The number of hydrogen-bond donors (Lipinski definition) is 2. The molecular formula is C19H28N2O5. The van der Waals surface area contributed by atoms with Crippen LogP contribution in [0.15, 0.2) is 24.3 Å². The highest BCUT2D eigenvalue weighted by Crippen LogP contribution is 2.22. The summed E-state index contributed by atoms with van der Waals surface area (Å²) in [7, 11) is 2.86. The van der Waals surface area contributed by atoms with Crippen LogP contribution in [0.2, 0.25) is 0 Å². The molecule has 0 fully saturated rings. The van der Waals surface area contributed by atoms with E-state index in [1.54, 1.807) is 31.4 Å². The fourth-order valence-corrected chi connectivity index (χ4v) is 2.80. The van der Waals surface area contributed by atoms with Crippen LogP contribution in [0, 0.1) is 0 Å². The molecule has 1 atom stereocenters. The van der Waals surface area contributed by atoms with E-state index < -0.39 is 17.6 Å². The summed E-state index contributed by atoms with van der Waals surface area (Å²) < 4.78 is 9.97. The van der Waals surface area contributed by atoms with Crippen LogP contribution in [-0.2, 0) is 19.1 Å². The van der Waals surface area contributed by atoms with Crippen LogP contribution >= 0.6 is 0 Å². The zero-order valence-electron chi connectivity index (χ0n) is 16.0. The summed E-state index contributed by atoms with van der Waals surface area (Å²) in [5.41, 5.74) is -0.292.